The van der Waals surface area contributed by atoms with E-state index in [1.165, 1.54) is 6.07 Å². The van der Waals surface area contributed by atoms with Crippen molar-refractivity contribution in [3.63, 3.8) is 0 Å². The number of anilines is 1. The van der Waals surface area contributed by atoms with E-state index in [0.29, 0.717) is 19.0 Å². The summed E-state index contributed by atoms with van der Waals surface area (Å²) in [5.74, 6) is 0.512. The number of fused-ring (bicyclic) bond motifs is 1. The van der Waals surface area contributed by atoms with E-state index in [9.17, 15) is 12.3 Å². The van der Waals surface area contributed by atoms with Crippen LogP contribution in [0, 0.1) is 0 Å². The van der Waals surface area contributed by atoms with Crippen LogP contribution in [-0.4, -0.2) is 21.6 Å². The van der Waals surface area contributed by atoms with Crippen molar-refractivity contribution in [1.29, 1.82) is 0 Å². The molecule has 2 rings (SSSR count). The predicted octanol–water partition coefficient (Wildman–Crippen LogP) is 0.698. The van der Waals surface area contributed by atoms with Gasteiger partial charge in [-0.25, -0.2) is 0 Å². The molecule has 15 heavy (non-hydrogen) atoms. The zero-order chi connectivity index (χ0) is 11.1. The standard InChI is InChI=1S/C8H8FNO4S/c9-15(11,12)8-4-7-6(3-5(8)10)13-1-2-14-7/h3-4H,1-2,10H2. The number of nitrogens with two attached hydrogens (primary N) is 1. The summed E-state index contributed by atoms with van der Waals surface area (Å²) < 4.78 is 44.4. The van der Waals surface area contributed by atoms with Crippen molar-refractivity contribution >= 4 is 15.9 Å². The van der Waals surface area contributed by atoms with Gasteiger partial charge in [0.05, 0.1) is 5.69 Å². The summed E-state index contributed by atoms with van der Waals surface area (Å²) in [6, 6.07) is 2.26. The third-order valence-electron chi connectivity index (χ3n) is 1.94. The summed E-state index contributed by atoms with van der Waals surface area (Å²) in [4.78, 5) is -0.591. The molecule has 2 N–H and O–H groups in total. The van der Waals surface area contributed by atoms with Gasteiger partial charge in [0.15, 0.2) is 11.5 Å². The van der Waals surface area contributed by atoms with Gasteiger partial charge in [0.25, 0.3) is 0 Å². The summed E-state index contributed by atoms with van der Waals surface area (Å²) in [6.07, 6.45) is 0. The molecule has 0 aromatic heterocycles. The fourth-order valence-electron chi connectivity index (χ4n) is 1.30. The van der Waals surface area contributed by atoms with E-state index in [1.807, 2.05) is 0 Å². The second kappa shape index (κ2) is 3.27. The molecule has 0 fully saturated rings. The molecular weight excluding hydrogens is 225 g/mol. The van der Waals surface area contributed by atoms with Crippen molar-refractivity contribution < 1.29 is 21.8 Å². The number of nitrogen functional groups attached to an aromatic ring is 1. The predicted molar refractivity (Wildman–Crippen MR) is 50.1 cm³/mol. The van der Waals surface area contributed by atoms with Gasteiger partial charge in [-0.05, 0) is 0 Å². The third-order valence-corrected chi connectivity index (χ3v) is 2.82. The molecule has 0 saturated carbocycles. The fourth-order valence-corrected chi connectivity index (χ4v) is 1.89. The first-order valence-electron chi connectivity index (χ1n) is 4.12. The lowest BCUT2D eigenvalue weighted by atomic mass is 10.2. The number of hydrogen-bond donors (Lipinski definition) is 1. The molecule has 82 valence electrons. The Hall–Kier alpha value is -1.50. The van der Waals surface area contributed by atoms with E-state index in [0.717, 1.165) is 6.07 Å². The number of hydrogen-bond acceptors (Lipinski definition) is 5. The monoisotopic (exact) mass is 233 g/mol. The Bertz CT molecular complexity index is 500. The van der Waals surface area contributed by atoms with Crippen molar-refractivity contribution in [2.45, 2.75) is 4.90 Å². The van der Waals surface area contributed by atoms with Crippen LogP contribution in [0.25, 0.3) is 0 Å². The summed E-state index contributed by atoms with van der Waals surface area (Å²) >= 11 is 0. The molecule has 0 radical (unpaired) electrons. The molecule has 0 amide bonds. The van der Waals surface area contributed by atoms with Gasteiger partial charge in [-0.2, -0.15) is 8.42 Å². The molecule has 1 aromatic carbocycles. The van der Waals surface area contributed by atoms with Crippen LogP contribution in [0.1, 0.15) is 0 Å². The van der Waals surface area contributed by atoms with Crippen LogP contribution in [0.2, 0.25) is 0 Å². The average molecular weight is 233 g/mol. The summed E-state index contributed by atoms with van der Waals surface area (Å²) in [5, 5.41) is 0. The normalized spacial score (nSPS) is 15.0. The SMILES string of the molecule is Nc1cc2c(cc1S(=O)(=O)F)OCCO2. The van der Waals surface area contributed by atoms with Crippen LogP contribution in [0.4, 0.5) is 9.57 Å². The maximum Gasteiger partial charge on any atom is 0.334 e. The summed E-state index contributed by atoms with van der Waals surface area (Å²) in [5.41, 5.74) is 5.18. The smallest absolute Gasteiger partial charge is 0.334 e. The Morgan fingerprint density at radius 3 is 2.27 bits per heavy atom. The highest BCUT2D eigenvalue weighted by Gasteiger charge is 2.22. The van der Waals surface area contributed by atoms with Crippen LogP contribution in [-0.2, 0) is 10.2 Å². The van der Waals surface area contributed by atoms with E-state index in [1.54, 1.807) is 0 Å². The van der Waals surface area contributed by atoms with E-state index in [4.69, 9.17) is 15.2 Å². The Morgan fingerprint density at radius 1 is 1.20 bits per heavy atom. The van der Waals surface area contributed by atoms with Gasteiger partial charge in [-0.1, -0.05) is 0 Å². The van der Waals surface area contributed by atoms with Crippen molar-refractivity contribution in [1.82, 2.24) is 0 Å². The van der Waals surface area contributed by atoms with E-state index >= 15 is 0 Å². The topological polar surface area (TPSA) is 78.6 Å². The summed E-state index contributed by atoms with van der Waals surface area (Å²) in [7, 11) is -4.83. The van der Waals surface area contributed by atoms with Gasteiger partial charge in [-0.15, -0.1) is 3.89 Å². The second-order valence-corrected chi connectivity index (χ2v) is 4.29. The van der Waals surface area contributed by atoms with Crippen LogP contribution in [0.15, 0.2) is 17.0 Å². The molecule has 1 aliphatic heterocycles. The minimum atomic E-state index is -4.83. The molecule has 7 heteroatoms. The number of halogens is 1. The first-order valence-corrected chi connectivity index (χ1v) is 5.50. The highest BCUT2D eigenvalue weighted by Crippen LogP contribution is 2.36. The molecule has 0 aliphatic carbocycles. The summed E-state index contributed by atoms with van der Waals surface area (Å²) in [6.45, 7) is 0.650. The van der Waals surface area contributed by atoms with Crippen LogP contribution < -0.4 is 15.2 Å². The molecule has 5 nitrogen and oxygen atoms in total. The first kappa shape index (κ1) is 10.0. The molecular formula is C8H8FNO4S. The fraction of sp³-hybridized carbons (Fsp3) is 0.250. The Kier molecular flexibility index (Phi) is 2.18. The van der Waals surface area contributed by atoms with Crippen LogP contribution >= 0.6 is 0 Å². The maximum atomic E-state index is 12.7. The number of ether oxygens (including phenoxy) is 2. The van der Waals surface area contributed by atoms with Crippen molar-refractivity contribution in [3.05, 3.63) is 12.1 Å². The molecule has 0 bridgehead atoms. The lowest BCUT2D eigenvalue weighted by Crippen LogP contribution is -2.16. The molecule has 0 atom stereocenters. The maximum absolute atomic E-state index is 12.7. The quantitative estimate of drug-likeness (QED) is 0.570. The molecule has 1 aliphatic rings. The minimum absolute atomic E-state index is 0.187. The van der Waals surface area contributed by atoms with Gasteiger partial charge in [0, 0.05) is 12.1 Å². The van der Waals surface area contributed by atoms with E-state index in [2.05, 4.69) is 0 Å². The van der Waals surface area contributed by atoms with Gasteiger partial charge < -0.3 is 15.2 Å². The zero-order valence-corrected chi connectivity index (χ0v) is 8.38. The minimum Gasteiger partial charge on any atom is -0.486 e. The van der Waals surface area contributed by atoms with Crippen molar-refractivity contribution in [2.75, 3.05) is 18.9 Å². The Labute approximate surface area is 85.8 Å². The van der Waals surface area contributed by atoms with Gasteiger partial charge in [0.1, 0.15) is 18.1 Å². The second-order valence-electron chi connectivity index (χ2n) is 2.97. The highest BCUT2D eigenvalue weighted by atomic mass is 32.3. The highest BCUT2D eigenvalue weighted by molar-refractivity contribution is 7.86. The zero-order valence-electron chi connectivity index (χ0n) is 7.57. The molecule has 1 aromatic rings. The molecule has 0 spiro atoms. The lowest BCUT2D eigenvalue weighted by Gasteiger charge is -2.19. The van der Waals surface area contributed by atoms with Gasteiger partial charge >= 0.3 is 10.2 Å². The Morgan fingerprint density at radius 2 is 1.73 bits per heavy atom. The van der Waals surface area contributed by atoms with Crippen LogP contribution in [0.3, 0.4) is 0 Å². The third kappa shape index (κ3) is 1.82. The molecule has 0 saturated heterocycles. The number of benzene rings is 1. The molecule has 0 unspecified atom stereocenters. The van der Waals surface area contributed by atoms with Gasteiger partial charge in [-0.3, -0.25) is 0 Å². The van der Waals surface area contributed by atoms with E-state index in [-0.39, 0.29) is 11.4 Å². The van der Waals surface area contributed by atoms with Crippen molar-refractivity contribution in [2.24, 2.45) is 0 Å². The average Bonchev–Trinajstić information content (AvgIpc) is 2.15. The Balaban J connectivity index is 2.60. The van der Waals surface area contributed by atoms with Gasteiger partial charge in [0.2, 0.25) is 0 Å². The number of rotatable bonds is 1. The lowest BCUT2D eigenvalue weighted by molar-refractivity contribution is 0.171. The van der Waals surface area contributed by atoms with E-state index < -0.39 is 15.1 Å². The van der Waals surface area contributed by atoms with Crippen LogP contribution in [0.5, 0.6) is 11.5 Å². The first-order chi connectivity index (χ1) is 6.98. The molecule has 1 heterocycles. The largest absolute Gasteiger partial charge is 0.486 e. The van der Waals surface area contributed by atoms with Crippen molar-refractivity contribution in [3.8, 4) is 11.5 Å².